The molecule has 2 aromatic carbocycles. The van der Waals surface area contributed by atoms with Gasteiger partial charge >= 0.3 is 5.91 Å². The van der Waals surface area contributed by atoms with Crippen LogP contribution in [0.3, 0.4) is 0 Å². The van der Waals surface area contributed by atoms with Gasteiger partial charge < -0.3 is 9.15 Å². The van der Waals surface area contributed by atoms with Crippen LogP contribution in [0, 0.1) is 5.82 Å². The van der Waals surface area contributed by atoms with Crippen molar-refractivity contribution < 1.29 is 26.8 Å². The number of nitrogens with one attached hydrogen (secondary N) is 1. The molecule has 4 aromatic rings. The highest BCUT2D eigenvalue weighted by atomic mass is 32.2. The average Bonchev–Trinajstić information content (AvgIpc) is 3.71. The number of furan rings is 1. The molecule has 0 radical (unpaired) electrons. The summed E-state index contributed by atoms with van der Waals surface area (Å²) in [5.41, 5.74) is 1.23. The van der Waals surface area contributed by atoms with Gasteiger partial charge in [0.05, 0.1) is 10.9 Å². The Hall–Kier alpha value is -3.46. The fourth-order valence-electron chi connectivity index (χ4n) is 3.85. The molecule has 2 fully saturated rings. The third kappa shape index (κ3) is 3.82. The Balaban J connectivity index is 1.32. The van der Waals surface area contributed by atoms with Gasteiger partial charge in [0, 0.05) is 17.5 Å². The van der Waals surface area contributed by atoms with E-state index in [0.717, 1.165) is 31.2 Å². The van der Waals surface area contributed by atoms with Gasteiger partial charge in [-0.05, 0) is 61.4 Å². The minimum Gasteiger partial charge on any atom is -0.474 e. The number of rotatable bonds is 6. The second kappa shape index (κ2) is 7.28. The minimum absolute atomic E-state index is 0.104. The molecule has 0 spiro atoms. The molecule has 2 aromatic heterocycles. The lowest BCUT2D eigenvalue weighted by atomic mass is 10.1. The lowest BCUT2D eigenvalue weighted by Crippen LogP contribution is -2.30. The van der Waals surface area contributed by atoms with Crippen molar-refractivity contribution >= 4 is 37.8 Å². The number of benzene rings is 2. The molecule has 1 amide bonds. The van der Waals surface area contributed by atoms with Crippen LogP contribution in [-0.4, -0.2) is 25.4 Å². The molecule has 0 bridgehead atoms. The first-order valence-electron chi connectivity index (χ1n) is 10.7. The smallest absolute Gasteiger partial charge is 0.300 e. The SMILES string of the molecule is O=C(NS(=O)(=O)c1cccc2ccc(OC3CC3)nc12)c1cc2c(F)cc(C3CC3)cc2o1. The number of para-hydroxylation sites is 1. The molecular formula is C24H19FN2O5S. The van der Waals surface area contributed by atoms with E-state index < -0.39 is 21.7 Å². The molecule has 33 heavy (non-hydrogen) atoms. The van der Waals surface area contributed by atoms with Gasteiger partial charge in [-0.15, -0.1) is 0 Å². The summed E-state index contributed by atoms with van der Waals surface area (Å²) in [4.78, 5) is 16.9. The molecule has 2 saturated carbocycles. The van der Waals surface area contributed by atoms with Crippen LogP contribution in [0.1, 0.15) is 47.7 Å². The maximum absolute atomic E-state index is 14.5. The minimum atomic E-state index is -4.29. The predicted molar refractivity (Wildman–Crippen MR) is 118 cm³/mol. The van der Waals surface area contributed by atoms with Gasteiger partial charge in [0.15, 0.2) is 5.76 Å². The van der Waals surface area contributed by atoms with Crippen molar-refractivity contribution in [1.82, 2.24) is 9.71 Å². The van der Waals surface area contributed by atoms with Crippen molar-refractivity contribution in [2.24, 2.45) is 0 Å². The fraction of sp³-hybridized carbons (Fsp3) is 0.250. The van der Waals surface area contributed by atoms with Crippen molar-refractivity contribution in [3.63, 3.8) is 0 Å². The number of carbonyl (C=O) groups excluding carboxylic acids is 1. The van der Waals surface area contributed by atoms with Crippen molar-refractivity contribution in [3.8, 4) is 5.88 Å². The number of pyridine rings is 1. The van der Waals surface area contributed by atoms with E-state index >= 15 is 0 Å². The van der Waals surface area contributed by atoms with Gasteiger partial charge in [0.2, 0.25) is 5.88 Å². The highest BCUT2D eigenvalue weighted by Gasteiger charge is 2.28. The summed E-state index contributed by atoms with van der Waals surface area (Å²) in [7, 11) is -4.29. The second-order valence-electron chi connectivity index (χ2n) is 8.53. The molecule has 1 N–H and O–H groups in total. The van der Waals surface area contributed by atoms with Crippen molar-refractivity contribution in [1.29, 1.82) is 0 Å². The Morgan fingerprint density at radius 2 is 1.91 bits per heavy atom. The Morgan fingerprint density at radius 1 is 1.09 bits per heavy atom. The van der Waals surface area contributed by atoms with Crippen molar-refractivity contribution in [2.75, 3.05) is 0 Å². The second-order valence-corrected chi connectivity index (χ2v) is 10.2. The van der Waals surface area contributed by atoms with E-state index in [1.165, 1.54) is 18.2 Å². The summed E-state index contributed by atoms with van der Waals surface area (Å²) < 4.78 is 53.9. The number of hydrogen-bond acceptors (Lipinski definition) is 6. The molecule has 7 nitrogen and oxygen atoms in total. The van der Waals surface area contributed by atoms with E-state index in [-0.39, 0.29) is 33.2 Å². The van der Waals surface area contributed by atoms with Crippen LogP contribution >= 0.6 is 0 Å². The number of ether oxygens (including phenoxy) is 1. The monoisotopic (exact) mass is 466 g/mol. The highest BCUT2D eigenvalue weighted by Crippen LogP contribution is 2.42. The number of halogens is 1. The van der Waals surface area contributed by atoms with E-state index in [9.17, 15) is 17.6 Å². The molecule has 9 heteroatoms. The molecular weight excluding hydrogens is 447 g/mol. The van der Waals surface area contributed by atoms with E-state index in [1.54, 1.807) is 30.3 Å². The first-order valence-corrected chi connectivity index (χ1v) is 12.2. The van der Waals surface area contributed by atoms with E-state index in [0.29, 0.717) is 17.2 Å². The van der Waals surface area contributed by atoms with Gasteiger partial charge in [-0.3, -0.25) is 4.79 Å². The Kier molecular flexibility index (Phi) is 4.45. The molecule has 0 unspecified atom stereocenters. The van der Waals surface area contributed by atoms with Crippen LogP contribution in [0.15, 0.2) is 57.8 Å². The highest BCUT2D eigenvalue weighted by molar-refractivity contribution is 7.90. The molecule has 2 aliphatic carbocycles. The Bertz CT molecular complexity index is 1540. The largest absolute Gasteiger partial charge is 0.474 e. The quantitative estimate of drug-likeness (QED) is 0.444. The summed E-state index contributed by atoms with van der Waals surface area (Å²) in [6.07, 6.45) is 3.96. The lowest BCUT2D eigenvalue weighted by molar-refractivity contribution is 0.0956. The van der Waals surface area contributed by atoms with Crippen LogP contribution < -0.4 is 9.46 Å². The number of hydrogen-bond donors (Lipinski definition) is 1. The number of nitrogens with zero attached hydrogens (tertiary/aromatic N) is 1. The van der Waals surface area contributed by atoms with Crippen LogP contribution in [0.5, 0.6) is 5.88 Å². The van der Waals surface area contributed by atoms with Gasteiger partial charge in [0.25, 0.3) is 10.0 Å². The van der Waals surface area contributed by atoms with Gasteiger partial charge in [-0.1, -0.05) is 12.1 Å². The average molecular weight is 466 g/mol. The van der Waals surface area contributed by atoms with Crippen molar-refractivity contribution in [2.45, 2.75) is 42.6 Å². The Labute approximate surface area is 188 Å². The molecule has 2 aliphatic rings. The zero-order chi connectivity index (χ0) is 22.7. The summed E-state index contributed by atoms with van der Waals surface area (Å²) in [6.45, 7) is 0. The van der Waals surface area contributed by atoms with Gasteiger partial charge in [0.1, 0.15) is 22.4 Å². The summed E-state index contributed by atoms with van der Waals surface area (Å²) in [5.74, 6) is -1.13. The predicted octanol–water partition coefficient (Wildman–Crippen LogP) is 4.66. The van der Waals surface area contributed by atoms with E-state index in [2.05, 4.69) is 4.98 Å². The lowest BCUT2D eigenvalue weighted by Gasteiger charge is -2.10. The summed E-state index contributed by atoms with van der Waals surface area (Å²) in [5, 5.41) is 0.725. The summed E-state index contributed by atoms with van der Waals surface area (Å²) >= 11 is 0. The molecule has 0 aliphatic heterocycles. The first-order chi connectivity index (χ1) is 15.9. The van der Waals surface area contributed by atoms with E-state index in [4.69, 9.17) is 9.15 Å². The molecule has 0 atom stereocenters. The Morgan fingerprint density at radius 3 is 2.67 bits per heavy atom. The van der Waals surface area contributed by atoms with Crippen LogP contribution in [0.2, 0.25) is 0 Å². The molecule has 168 valence electrons. The third-order valence-electron chi connectivity index (χ3n) is 5.87. The third-order valence-corrected chi connectivity index (χ3v) is 7.23. The van der Waals surface area contributed by atoms with Gasteiger partial charge in [-0.25, -0.2) is 22.5 Å². The van der Waals surface area contributed by atoms with Crippen molar-refractivity contribution in [3.05, 3.63) is 65.7 Å². The molecule has 2 heterocycles. The zero-order valence-electron chi connectivity index (χ0n) is 17.4. The molecule has 6 rings (SSSR count). The number of aromatic nitrogens is 1. The normalized spacial score (nSPS) is 16.3. The topological polar surface area (TPSA) is 98.5 Å². The van der Waals surface area contributed by atoms with Crippen LogP contribution in [-0.2, 0) is 10.0 Å². The number of carbonyl (C=O) groups is 1. The molecule has 0 saturated heterocycles. The zero-order valence-corrected chi connectivity index (χ0v) is 18.2. The summed E-state index contributed by atoms with van der Waals surface area (Å²) in [6, 6.07) is 12.4. The van der Waals surface area contributed by atoms with E-state index in [1.807, 2.05) is 4.72 Å². The standard InChI is InChI=1S/C24H19FN2O5S/c25-18-10-15(13-4-5-13)11-19-17(18)12-20(32-19)24(28)27-33(29,30)21-3-1-2-14-6-9-22(26-23(14)21)31-16-7-8-16/h1-3,6,9-13,16H,4-5,7-8H2,(H,27,28). The van der Waals surface area contributed by atoms with Gasteiger partial charge in [-0.2, -0.15) is 0 Å². The number of amides is 1. The van der Waals surface area contributed by atoms with Crippen LogP contribution in [0.25, 0.3) is 21.9 Å². The number of fused-ring (bicyclic) bond motifs is 2. The maximum atomic E-state index is 14.5. The van der Waals surface area contributed by atoms with Crippen LogP contribution in [0.4, 0.5) is 4.39 Å². The fourth-order valence-corrected chi connectivity index (χ4v) is 4.98. The first kappa shape index (κ1) is 20.2. The number of sulfonamides is 1. The maximum Gasteiger partial charge on any atom is 0.300 e.